The number of amides is 1. The minimum Gasteiger partial charge on any atom is -0.342 e. The SMILES string of the molecule is CCCC(=O)N1CCCC(c2ccc(Br)cc2)C1. The van der Waals surface area contributed by atoms with E-state index in [4.69, 9.17) is 0 Å². The average molecular weight is 310 g/mol. The summed E-state index contributed by atoms with van der Waals surface area (Å²) in [5.74, 6) is 0.826. The molecule has 0 N–H and O–H groups in total. The van der Waals surface area contributed by atoms with Gasteiger partial charge in [0, 0.05) is 29.9 Å². The summed E-state index contributed by atoms with van der Waals surface area (Å²) in [7, 11) is 0. The smallest absolute Gasteiger partial charge is 0.222 e. The second-order valence-electron chi connectivity index (χ2n) is 4.98. The van der Waals surface area contributed by atoms with Crippen LogP contribution in [0.4, 0.5) is 0 Å². The molecular weight excluding hydrogens is 290 g/mol. The van der Waals surface area contributed by atoms with Crippen LogP contribution in [0, 0.1) is 0 Å². The number of halogens is 1. The number of nitrogens with zero attached hydrogens (tertiary/aromatic N) is 1. The van der Waals surface area contributed by atoms with Gasteiger partial charge < -0.3 is 4.90 Å². The molecule has 3 heteroatoms. The molecule has 1 fully saturated rings. The van der Waals surface area contributed by atoms with Gasteiger partial charge in [0.15, 0.2) is 0 Å². The predicted octanol–water partition coefficient (Wildman–Crippen LogP) is 3.96. The van der Waals surface area contributed by atoms with Gasteiger partial charge in [-0.1, -0.05) is 35.0 Å². The Morgan fingerprint density at radius 3 is 2.78 bits per heavy atom. The lowest BCUT2D eigenvalue weighted by molar-refractivity contribution is -0.132. The normalized spacial score (nSPS) is 19.9. The first-order chi connectivity index (χ1) is 8.70. The summed E-state index contributed by atoms with van der Waals surface area (Å²) < 4.78 is 1.11. The number of carbonyl (C=O) groups excluding carboxylic acids is 1. The van der Waals surface area contributed by atoms with Crippen LogP contribution in [0.5, 0.6) is 0 Å². The fraction of sp³-hybridized carbons (Fsp3) is 0.533. The molecule has 0 aliphatic carbocycles. The Morgan fingerprint density at radius 1 is 1.39 bits per heavy atom. The molecule has 0 bridgehead atoms. The Bertz CT molecular complexity index is 401. The van der Waals surface area contributed by atoms with Crippen LogP contribution >= 0.6 is 15.9 Å². The standard InChI is InChI=1S/C15H20BrNO/c1-2-4-15(18)17-10-3-5-13(11-17)12-6-8-14(16)9-7-12/h6-9,13H,2-5,10-11H2,1H3. The van der Waals surface area contributed by atoms with Crippen LogP contribution in [0.25, 0.3) is 0 Å². The summed E-state index contributed by atoms with van der Waals surface area (Å²) in [5, 5.41) is 0. The van der Waals surface area contributed by atoms with Crippen LogP contribution in [0.1, 0.15) is 44.1 Å². The van der Waals surface area contributed by atoms with Gasteiger partial charge in [-0.15, -0.1) is 0 Å². The van der Waals surface area contributed by atoms with Gasteiger partial charge in [-0.25, -0.2) is 0 Å². The molecule has 0 spiro atoms. The molecule has 2 nitrogen and oxygen atoms in total. The topological polar surface area (TPSA) is 20.3 Å². The van der Waals surface area contributed by atoms with E-state index in [-0.39, 0.29) is 0 Å². The van der Waals surface area contributed by atoms with E-state index in [9.17, 15) is 4.79 Å². The zero-order valence-electron chi connectivity index (χ0n) is 10.9. The van der Waals surface area contributed by atoms with E-state index in [0.717, 1.165) is 30.4 Å². The summed E-state index contributed by atoms with van der Waals surface area (Å²) >= 11 is 3.46. The molecule has 1 aromatic carbocycles. The van der Waals surface area contributed by atoms with Gasteiger partial charge in [0.1, 0.15) is 0 Å². The molecule has 1 heterocycles. The highest BCUT2D eigenvalue weighted by atomic mass is 79.9. The number of carbonyl (C=O) groups is 1. The second-order valence-corrected chi connectivity index (χ2v) is 5.90. The van der Waals surface area contributed by atoms with Gasteiger partial charge >= 0.3 is 0 Å². The lowest BCUT2D eigenvalue weighted by atomic mass is 9.90. The molecule has 1 atom stereocenters. The van der Waals surface area contributed by atoms with Crippen LogP contribution in [0.3, 0.4) is 0 Å². The van der Waals surface area contributed by atoms with Crippen molar-refractivity contribution in [2.24, 2.45) is 0 Å². The zero-order valence-corrected chi connectivity index (χ0v) is 12.4. The molecule has 0 aromatic heterocycles. The first-order valence-corrected chi connectivity index (χ1v) is 7.53. The molecular formula is C15H20BrNO. The van der Waals surface area contributed by atoms with Gasteiger partial charge in [-0.05, 0) is 37.0 Å². The Kier molecular flexibility index (Phi) is 4.81. The number of likely N-dealkylation sites (tertiary alicyclic amines) is 1. The average Bonchev–Trinajstić information content (AvgIpc) is 2.40. The molecule has 18 heavy (non-hydrogen) atoms. The van der Waals surface area contributed by atoms with Crippen molar-refractivity contribution in [2.45, 2.75) is 38.5 Å². The predicted molar refractivity (Wildman–Crippen MR) is 77.6 cm³/mol. The Balaban J connectivity index is 2.02. The molecule has 1 amide bonds. The van der Waals surface area contributed by atoms with Gasteiger partial charge in [-0.2, -0.15) is 0 Å². The van der Waals surface area contributed by atoms with Crippen molar-refractivity contribution in [3.63, 3.8) is 0 Å². The van der Waals surface area contributed by atoms with Crippen molar-refractivity contribution in [2.75, 3.05) is 13.1 Å². The van der Waals surface area contributed by atoms with E-state index in [1.807, 2.05) is 4.90 Å². The van der Waals surface area contributed by atoms with Gasteiger partial charge in [0.2, 0.25) is 5.91 Å². The third-order valence-corrected chi connectivity index (χ3v) is 4.11. The summed E-state index contributed by atoms with van der Waals surface area (Å²) in [4.78, 5) is 14.0. The third kappa shape index (κ3) is 3.35. The highest BCUT2D eigenvalue weighted by Crippen LogP contribution is 2.28. The number of rotatable bonds is 3. The van der Waals surface area contributed by atoms with E-state index in [1.165, 1.54) is 12.0 Å². The van der Waals surface area contributed by atoms with Crippen molar-refractivity contribution < 1.29 is 4.79 Å². The third-order valence-electron chi connectivity index (χ3n) is 3.58. The number of piperidine rings is 1. The first kappa shape index (κ1) is 13.6. The van der Waals surface area contributed by atoms with Crippen LogP contribution < -0.4 is 0 Å². The van der Waals surface area contributed by atoms with Crippen LogP contribution in [-0.4, -0.2) is 23.9 Å². The number of benzene rings is 1. The van der Waals surface area contributed by atoms with E-state index >= 15 is 0 Å². The van der Waals surface area contributed by atoms with Crippen LogP contribution in [0.2, 0.25) is 0 Å². The molecule has 1 aromatic rings. The number of hydrogen-bond donors (Lipinski definition) is 0. The minimum atomic E-state index is 0.319. The largest absolute Gasteiger partial charge is 0.342 e. The molecule has 1 unspecified atom stereocenters. The van der Waals surface area contributed by atoms with Crippen LogP contribution in [-0.2, 0) is 4.79 Å². The van der Waals surface area contributed by atoms with Crippen molar-refractivity contribution in [1.29, 1.82) is 0 Å². The Hall–Kier alpha value is -0.830. The summed E-state index contributed by atoms with van der Waals surface area (Å²) in [5.41, 5.74) is 1.35. The van der Waals surface area contributed by atoms with Crippen molar-refractivity contribution in [3.05, 3.63) is 34.3 Å². The maximum atomic E-state index is 11.9. The molecule has 1 aliphatic heterocycles. The fourth-order valence-electron chi connectivity index (χ4n) is 2.58. The summed E-state index contributed by atoms with van der Waals surface area (Å²) in [6, 6.07) is 8.51. The van der Waals surface area contributed by atoms with Gasteiger partial charge in [0.25, 0.3) is 0 Å². The molecule has 0 radical (unpaired) electrons. The van der Waals surface area contributed by atoms with Crippen molar-refractivity contribution in [3.8, 4) is 0 Å². The van der Waals surface area contributed by atoms with E-state index in [0.29, 0.717) is 18.2 Å². The highest BCUT2D eigenvalue weighted by Gasteiger charge is 2.23. The molecule has 0 saturated carbocycles. The molecule has 1 saturated heterocycles. The maximum absolute atomic E-state index is 11.9. The summed E-state index contributed by atoms with van der Waals surface area (Å²) in [6.07, 6.45) is 3.94. The Morgan fingerprint density at radius 2 is 2.11 bits per heavy atom. The molecule has 1 aliphatic rings. The molecule has 2 rings (SSSR count). The first-order valence-electron chi connectivity index (χ1n) is 6.74. The quantitative estimate of drug-likeness (QED) is 0.827. The highest BCUT2D eigenvalue weighted by molar-refractivity contribution is 9.10. The van der Waals surface area contributed by atoms with E-state index in [2.05, 4.69) is 47.1 Å². The lowest BCUT2D eigenvalue weighted by Crippen LogP contribution is -2.38. The fourth-order valence-corrected chi connectivity index (χ4v) is 2.85. The number of hydrogen-bond acceptors (Lipinski definition) is 1. The summed E-state index contributed by atoms with van der Waals surface area (Å²) in [6.45, 7) is 3.89. The zero-order chi connectivity index (χ0) is 13.0. The van der Waals surface area contributed by atoms with Gasteiger partial charge in [-0.3, -0.25) is 4.79 Å². The van der Waals surface area contributed by atoms with Crippen molar-refractivity contribution in [1.82, 2.24) is 4.90 Å². The maximum Gasteiger partial charge on any atom is 0.222 e. The van der Waals surface area contributed by atoms with E-state index in [1.54, 1.807) is 0 Å². The monoisotopic (exact) mass is 309 g/mol. The van der Waals surface area contributed by atoms with Crippen molar-refractivity contribution >= 4 is 21.8 Å². The Labute approximate surface area is 117 Å². The van der Waals surface area contributed by atoms with Gasteiger partial charge in [0.05, 0.1) is 0 Å². The molecule has 98 valence electrons. The second kappa shape index (κ2) is 6.37. The lowest BCUT2D eigenvalue weighted by Gasteiger charge is -2.33. The van der Waals surface area contributed by atoms with E-state index < -0.39 is 0 Å². The van der Waals surface area contributed by atoms with Crippen LogP contribution in [0.15, 0.2) is 28.7 Å². The minimum absolute atomic E-state index is 0.319.